The minimum atomic E-state index is 0.744. The molecule has 126 valence electrons. The predicted molar refractivity (Wildman–Crippen MR) is 105 cm³/mol. The van der Waals surface area contributed by atoms with Crippen LogP contribution in [0.3, 0.4) is 0 Å². The highest BCUT2D eigenvalue weighted by atomic mass is 35.5. The van der Waals surface area contributed by atoms with Gasteiger partial charge in [-0.25, -0.2) is 0 Å². The van der Waals surface area contributed by atoms with Crippen LogP contribution in [0.5, 0.6) is 0 Å². The summed E-state index contributed by atoms with van der Waals surface area (Å²) in [5.41, 5.74) is 13.1. The molecule has 3 rings (SSSR count). The number of hydrogen-bond donors (Lipinski definition) is 2. The van der Waals surface area contributed by atoms with E-state index in [4.69, 9.17) is 17.3 Å². The van der Waals surface area contributed by atoms with E-state index in [1.54, 1.807) is 0 Å². The Morgan fingerprint density at radius 3 is 2.46 bits per heavy atom. The number of unbranched alkanes of at least 4 members (excludes halogenated alkanes) is 1. The smallest absolute Gasteiger partial charge is 0.0506 e. The van der Waals surface area contributed by atoms with Crippen molar-refractivity contribution < 1.29 is 0 Å². The van der Waals surface area contributed by atoms with Crippen LogP contribution in [0.1, 0.15) is 36.5 Å². The van der Waals surface area contributed by atoms with Gasteiger partial charge in [0.25, 0.3) is 0 Å². The van der Waals surface area contributed by atoms with Crippen LogP contribution in [0.25, 0.3) is 22.2 Å². The third-order valence-corrected chi connectivity index (χ3v) is 5.22. The van der Waals surface area contributed by atoms with Crippen molar-refractivity contribution in [3.8, 4) is 11.3 Å². The van der Waals surface area contributed by atoms with Crippen molar-refractivity contribution >= 4 is 22.5 Å². The van der Waals surface area contributed by atoms with Crippen LogP contribution in [0, 0.1) is 6.92 Å². The summed E-state index contributed by atoms with van der Waals surface area (Å²) in [6.07, 6.45) is 4.24. The minimum absolute atomic E-state index is 0.744. The molecule has 0 amide bonds. The van der Waals surface area contributed by atoms with Gasteiger partial charge in [-0.3, -0.25) is 0 Å². The van der Waals surface area contributed by atoms with Gasteiger partial charge in [-0.05, 0) is 67.5 Å². The minimum Gasteiger partial charge on any atom is -0.354 e. The Morgan fingerprint density at radius 1 is 1.04 bits per heavy atom. The molecule has 0 saturated heterocycles. The summed E-state index contributed by atoms with van der Waals surface area (Å²) in [4.78, 5) is 3.64. The molecular formula is C21H25ClN2. The lowest BCUT2D eigenvalue weighted by Gasteiger charge is -2.06. The van der Waals surface area contributed by atoms with E-state index in [0.29, 0.717) is 0 Å². The van der Waals surface area contributed by atoms with E-state index in [1.807, 2.05) is 6.07 Å². The quantitative estimate of drug-likeness (QED) is 0.560. The highest BCUT2D eigenvalue weighted by Crippen LogP contribution is 2.35. The molecule has 0 saturated carbocycles. The van der Waals surface area contributed by atoms with Crippen molar-refractivity contribution in [2.45, 2.75) is 39.5 Å². The average molecular weight is 341 g/mol. The second-order valence-electron chi connectivity index (χ2n) is 6.37. The Bertz CT molecular complexity index is 831. The number of halogens is 1. The van der Waals surface area contributed by atoms with Gasteiger partial charge < -0.3 is 10.7 Å². The van der Waals surface area contributed by atoms with Gasteiger partial charge in [0.1, 0.15) is 0 Å². The number of aromatic nitrogens is 1. The van der Waals surface area contributed by atoms with Crippen LogP contribution in [0.2, 0.25) is 5.02 Å². The average Bonchev–Trinajstić information content (AvgIpc) is 2.98. The monoisotopic (exact) mass is 340 g/mol. The predicted octanol–water partition coefficient (Wildman–Crippen LogP) is 5.64. The molecule has 2 aromatic carbocycles. The second-order valence-corrected chi connectivity index (χ2v) is 6.78. The van der Waals surface area contributed by atoms with Crippen molar-refractivity contribution in [2.24, 2.45) is 5.73 Å². The Kier molecular flexibility index (Phi) is 5.27. The zero-order chi connectivity index (χ0) is 17.1. The number of aryl methyl sites for hydroxylation is 3. The molecule has 24 heavy (non-hydrogen) atoms. The highest BCUT2D eigenvalue weighted by molar-refractivity contribution is 6.32. The van der Waals surface area contributed by atoms with Crippen LogP contribution in [0.15, 0.2) is 36.4 Å². The molecule has 2 nitrogen and oxygen atoms in total. The summed E-state index contributed by atoms with van der Waals surface area (Å²) >= 11 is 6.33. The highest BCUT2D eigenvalue weighted by Gasteiger charge is 2.15. The maximum Gasteiger partial charge on any atom is 0.0506 e. The maximum absolute atomic E-state index is 6.33. The number of H-pyrrole nitrogens is 1. The Balaban J connectivity index is 2.13. The Hall–Kier alpha value is -1.77. The van der Waals surface area contributed by atoms with Crippen molar-refractivity contribution in [1.82, 2.24) is 4.98 Å². The van der Waals surface area contributed by atoms with Gasteiger partial charge in [0.15, 0.2) is 0 Å². The first-order valence-electron chi connectivity index (χ1n) is 8.74. The first-order chi connectivity index (χ1) is 11.7. The van der Waals surface area contributed by atoms with Crippen LogP contribution < -0.4 is 5.73 Å². The molecule has 0 aliphatic carbocycles. The SMILES string of the molecule is CCc1ccc(-c2[nH]c3c(C)c(Cl)ccc3c2CCCCN)cc1. The lowest BCUT2D eigenvalue weighted by Crippen LogP contribution is -1.99. The number of nitrogens with one attached hydrogen (secondary N) is 1. The van der Waals surface area contributed by atoms with Crippen LogP contribution in [-0.4, -0.2) is 11.5 Å². The van der Waals surface area contributed by atoms with E-state index in [9.17, 15) is 0 Å². The molecule has 0 bridgehead atoms. The molecule has 0 spiro atoms. The summed E-state index contributed by atoms with van der Waals surface area (Å²) < 4.78 is 0. The number of hydrogen-bond acceptors (Lipinski definition) is 1. The normalized spacial score (nSPS) is 11.3. The molecule has 3 heteroatoms. The Labute approximate surface area is 149 Å². The molecule has 3 aromatic rings. The van der Waals surface area contributed by atoms with Crippen LogP contribution in [0.4, 0.5) is 0 Å². The van der Waals surface area contributed by atoms with E-state index < -0.39 is 0 Å². The molecule has 1 aromatic heterocycles. The van der Waals surface area contributed by atoms with E-state index in [-0.39, 0.29) is 0 Å². The standard InChI is InChI=1S/C21H25ClN2/c1-3-15-7-9-16(10-8-15)21-17(6-4-5-13-23)18-11-12-19(22)14(2)20(18)24-21/h7-12,24H,3-6,13,23H2,1-2H3. The molecule has 3 N–H and O–H groups in total. The van der Waals surface area contributed by atoms with Gasteiger partial charge >= 0.3 is 0 Å². The summed E-state index contributed by atoms with van der Waals surface area (Å²) in [5.74, 6) is 0. The first kappa shape index (κ1) is 17.1. The zero-order valence-corrected chi connectivity index (χ0v) is 15.2. The molecule has 1 heterocycles. The van der Waals surface area contributed by atoms with Crippen molar-refractivity contribution in [1.29, 1.82) is 0 Å². The van der Waals surface area contributed by atoms with E-state index in [2.05, 4.69) is 49.2 Å². The van der Waals surface area contributed by atoms with Crippen molar-refractivity contribution in [3.63, 3.8) is 0 Å². The zero-order valence-electron chi connectivity index (χ0n) is 14.5. The van der Waals surface area contributed by atoms with Crippen LogP contribution >= 0.6 is 11.6 Å². The third kappa shape index (κ3) is 3.22. The maximum atomic E-state index is 6.33. The van der Waals surface area contributed by atoms with Gasteiger partial charge in [0, 0.05) is 16.1 Å². The van der Waals surface area contributed by atoms with Gasteiger partial charge in [0.05, 0.1) is 5.52 Å². The summed E-state index contributed by atoms with van der Waals surface area (Å²) in [6.45, 7) is 5.00. The van der Waals surface area contributed by atoms with Gasteiger partial charge in [-0.1, -0.05) is 48.9 Å². The fourth-order valence-corrected chi connectivity index (χ4v) is 3.45. The second kappa shape index (κ2) is 7.42. The number of aromatic amines is 1. The van der Waals surface area contributed by atoms with Crippen molar-refractivity contribution in [2.75, 3.05) is 6.54 Å². The molecule has 0 aliphatic rings. The van der Waals surface area contributed by atoms with Gasteiger partial charge in [-0.15, -0.1) is 0 Å². The van der Waals surface area contributed by atoms with Gasteiger partial charge in [-0.2, -0.15) is 0 Å². The topological polar surface area (TPSA) is 41.8 Å². The summed E-state index contributed by atoms with van der Waals surface area (Å²) in [6, 6.07) is 13.0. The number of rotatable bonds is 6. The fourth-order valence-electron chi connectivity index (χ4n) is 3.29. The molecule has 0 fully saturated rings. The molecule has 0 radical (unpaired) electrons. The largest absolute Gasteiger partial charge is 0.354 e. The summed E-state index contributed by atoms with van der Waals surface area (Å²) in [5, 5.41) is 2.09. The van der Waals surface area contributed by atoms with E-state index in [1.165, 1.54) is 27.8 Å². The lowest BCUT2D eigenvalue weighted by molar-refractivity contribution is 0.748. The van der Waals surface area contributed by atoms with Crippen molar-refractivity contribution in [3.05, 3.63) is 58.1 Å². The molecule has 0 unspecified atom stereocenters. The van der Waals surface area contributed by atoms with E-state index >= 15 is 0 Å². The fraction of sp³-hybridized carbons (Fsp3) is 0.333. The molecule has 0 atom stereocenters. The first-order valence-corrected chi connectivity index (χ1v) is 9.12. The van der Waals surface area contributed by atoms with Crippen LogP contribution in [-0.2, 0) is 12.8 Å². The van der Waals surface area contributed by atoms with Gasteiger partial charge in [0.2, 0.25) is 0 Å². The number of fused-ring (bicyclic) bond motifs is 1. The summed E-state index contributed by atoms with van der Waals surface area (Å²) in [7, 11) is 0. The lowest BCUT2D eigenvalue weighted by atomic mass is 9.99. The third-order valence-electron chi connectivity index (χ3n) is 4.81. The number of benzene rings is 2. The molecular weight excluding hydrogens is 316 g/mol. The number of nitrogens with two attached hydrogens (primary N) is 1. The Morgan fingerprint density at radius 2 is 1.79 bits per heavy atom. The van der Waals surface area contributed by atoms with E-state index in [0.717, 1.165) is 48.3 Å². The molecule has 0 aliphatic heterocycles.